The van der Waals surface area contributed by atoms with Crippen molar-refractivity contribution in [3.63, 3.8) is 0 Å². The largest absolute Gasteiger partial charge is 0.460 e. The van der Waals surface area contributed by atoms with Gasteiger partial charge in [-0.05, 0) is 51.0 Å². The van der Waals surface area contributed by atoms with Crippen molar-refractivity contribution in [3.05, 3.63) is 83.9 Å². The van der Waals surface area contributed by atoms with E-state index in [1.807, 2.05) is 74.5 Å². The quantitative estimate of drug-likeness (QED) is 0.289. The molecule has 8 heteroatoms. The van der Waals surface area contributed by atoms with E-state index in [1.54, 1.807) is 26.0 Å². The van der Waals surface area contributed by atoms with Crippen LogP contribution in [0.5, 0.6) is 0 Å². The maximum atomic E-state index is 12.4. The summed E-state index contributed by atoms with van der Waals surface area (Å²) in [6.45, 7) is 7.45. The minimum absolute atomic E-state index is 0.148. The molecule has 0 unspecified atom stereocenters. The van der Waals surface area contributed by atoms with E-state index < -0.39 is 35.7 Å². The van der Waals surface area contributed by atoms with Crippen molar-refractivity contribution >= 4 is 24.1 Å². The molecule has 204 valence electrons. The second kappa shape index (κ2) is 14.0. The van der Waals surface area contributed by atoms with E-state index in [2.05, 4.69) is 0 Å². The normalized spacial score (nSPS) is 25.5. The first-order valence-corrected chi connectivity index (χ1v) is 12.7. The first-order valence-electron chi connectivity index (χ1n) is 12.7. The lowest BCUT2D eigenvalue weighted by atomic mass is 10.0. The van der Waals surface area contributed by atoms with Gasteiger partial charge in [-0.25, -0.2) is 9.59 Å². The van der Waals surface area contributed by atoms with Crippen molar-refractivity contribution in [2.24, 2.45) is 0 Å². The summed E-state index contributed by atoms with van der Waals surface area (Å²) in [7, 11) is 0. The van der Waals surface area contributed by atoms with E-state index in [0.29, 0.717) is 13.2 Å². The van der Waals surface area contributed by atoms with Crippen LogP contribution in [0.15, 0.2) is 72.8 Å². The number of hydrogen-bond donors (Lipinski definition) is 0. The number of ether oxygens (including phenoxy) is 6. The van der Waals surface area contributed by atoms with Gasteiger partial charge in [-0.2, -0.15) is 0 Å². The molecule has 2 aromatic rings. The minimum Gasteiger partial charge on any atom is -0.460 e. The molecule has 2 aromatic carbocycles. The molecule has 0 radical (unpaired) electrons. The van der Waals surface area contributed by atoms with Crippen molar-refractivity contribution < 1.29 is 38.0 Å². The zero-order valence-electron chi connectivity index (χ0n) is 22.3. The number of carbonyl (C=O) groups excluding carboxylic acids is 2. The van der Waals surface area contributed by atoms with Gasteiger partial charge in [0.1, 0.15) is 25.4 Å². The Hall–Kier alpha value is -3.30. The van der Waals surface area contributed by atoms with Gasteiger partial charge in [0.25, 0.3) is 0 Å². The van der Waals surface area contributed by atoms with Gasteiger partial charge >= 0.3 is 11.9 Å². The smallest absolute Gasteiger partial charge is 0.330 e. The molecule has 1 aliphatic rings. The standard InChI is InChI=1S/C30H36O8/c1-5-35-29(3)30(4,36-6-2)38-26(22-34-28(32)20-18-24-15-11-8-12-16-24)25(37-29)21-33-27(31)19-17-23-13-9-7-10-14-23/h7-20,25-26H,5-6,21-22H2,1-4H3/b19-17+,20-18+/t25-,26-,29-,30-/m0/s1. The first-order chi connectivity index (χ1) is 18.3. The summed E-state index contributed by atoms with van der Waals surface area (Å²) in [6, 6.07) is 18.8. The Bertz CT molecular complexity index is 996. The predicted octanol–water partition coefficient (Wildman–Crippen LogP) is 4.79. The van der Waals surface area contributed by atoms with Crippen molar-refractivity contribution in [2.45, 2.75) is 51.5 Å². The Morgan fingerprint density at radius 3 is 1.42 bits per heavy atom. The molecule has 4 atom stereocenters. The third kappa shape index (κ3) is 8.10. The molecule has 0 aromatic heterocycles. The number of carbonyl (C=O) groups is 2. The Morgan fingerprint density at radius 2 is 1.08 bits per heavy atom. The SMILES string of the molecule is CCO[C@@]1(C)O[C@@H](COC(=O)/C=C/c2ccccc2)[C@H](COC(=O)/C=C/c2ccccc2)O[C@]1(C)OCC. The molecule has 0 bridgehead atoms. The fraction of sp³-hybridized carbons (Fsp3) is 0.400. The zero-order chi connectivity index (χ0) is 27.4. The average molecular weight is 525 g/mol. The summed E-state index contributed by atoms with van der Waals surface area (Å²) in [6.07, 6.45) is 4.42. The van der Waals surface area contributed by atoms with E-state index in [-0.39, 0.29) is 13.2 Å². The van der Waals surface area contributed by atoms with Crippen LogP contribution in [0.4, 0.5) is 0 Å². The van der Waals surface area contributed by atoms with Crippen LogP contribution in [0.2, 0.25) is 0 Å². The number of hydrogen-bond acceptors (Lipinski definition) is 8. The molecule has 8 nitrogen and oxygen atoms in total. The molecule has 1 saturated heterocycles. The van der Waals surface area contributed by atoms with Crippen LogP contribution >= 0.6 is 0 Å². The van der Waals surface area contributed by atoms with Crippen LogP contribution in [0.25, 0.3) is 12.2 Å². The van der Waals surface area contributed by atoms with Crippen molar-refractivity contribution in [1.82, 2.24) is 0 Å². The van der Waals surface area contributed by atoms with Gasteiger partial charge in [0.05, 0.1) is 0 Å². The minimum atomic E-state index is -1.30. The highest BCUT2D eigenvalue weighted by molar-refractivity contribution is 5.87. The zero-order valence-corrected chi connectivity index (χ0v) is 22.3. The topological polar surface area (TPSA) is 89.5 Å². The molecule has 0 saturated carbocycles. The molecule has 0 amide bonds. The van der Waals surface area contributed by atoms with Crippen LogP contribution in [0.3, 0.4) is 0 Å². The van der Waals surface area contributed by atoms with Gasteiger partial charge < -0.3 is 28.4 Å². The summed E-state index contributed by atoms with van der Waals surface area (Å²) >= 11 is 0. The van der Waals surface area contributed by atoms with Crippen molar-refractivity contribution in [2.75, 3.05) is 26.4 Å². The van der Waals surface area contributed by atoms with Gasteiger partial charge in [0, 0.05) is 25.4 Å². The molecular formula is C30H36O8. The van der Waals surface area contributed by atoms with Crippen LogP contribution in [0.1, 0.15) is 38.8 Å². The van der Waals surface area contributed by atoms with Gasteiger partial charge in [-0.1, -0.05) is 60.7 Å². The molecule has 0 spiro atoms. The summed E-state index contributed by atoms with van der Waals surface area (Å²) in [4.78, 5) is 24.8. The molecule has 1 fully saturated rings. The highest BCUT2D eigenvalue weighted by Crippen LogP contribution is 2.40. The lowest BCUT2D eigenvalue weighted by Gasteiger charge is -2.52. The fourth-order valence-corrected chi connectivity index (χ4v) is 3.99. The van der Waals surface area contributed by atoms with Gasteiger partial charge in [-0.15, -0.1) is 0 Å². The summed E-state index contributed by atoms with van der Waals surface area (Å²) in [5.41, 5.74) is 1.73. The van der Waals surface area contributed by atoms with Gasteiger partial charge in [0.15, 0.2) is 0 Å². The predicted molar refractivity (Wildman–Crippen MR) is 143 cm³/mol. The lowest BCUT2D eigenvalue weighted by molar-refractivity contribution is -0.458. The molecular weight excluding hydrogens is 488 g/mol. The van der Waals surface area contributed by atoms with Crippen LogP contribution < -0.4 is 0 Å². The van der Waals surface area contributed by atoms with Gasteiger partial charge in [-0.3, -0.25) is 0 Å². The molecule has 38 heavy (non-hydrogen) atoms. The first kappa shape index (κ1) is 29.3. The summed E-state index contributed by atoms with van der Waals surface area (Å²) < 4.78 is 35.3. The maximum Gasteiger partial charge on any atom is 0.330 e. The van der Waals surface area contributed by atoms with Crippen molar-refractivity contribution in [3.8, 4) is 0 Å². The number of benzene rings is 2. The highest BCUT2D eigenvalue weighted by atomic mass is 16.8. The third-order valence-electron chi connectivity index (χ3n) is 6.03. The molecule has 1 aliphatic heterocycles. The molecule has 0 N–H and O–H groups in total. The van der Waals surface area contributed by atoms with E-state index in [4.69, 9.17) is 28.4 Å². The van der Waals surface area contributed by atoms with Crippen molar-refractivity contribution in [1.29, 1.82) is 0 Å². The molecule has 0 aliphatic carbocycles. The number of rotatable bonds is 12. The van der Waals surface area contributed by atoms with E-state index in [1.165, 1.54) is 12.2 Å². The summed E-state index contributed by atoms with van der Waals surface area (Å²) in [5, 5.41) is 0. The third-order valence-corrected chi connectivity index (χ3v) is 6.03. The van der Waals surface area contributed by atoms with Crippen LogP contribution in [0, 0.1) is 0 Å². The molecule has 1 heterocycles. The van der Waals surface area contributed by atoms with E-state index in [0.717, 1.165) is 11.1 Å². The maximum absolute atomic E-state index is 12.4. The summed E-state index contributed by atoms with van der Waals surface area (Å²) in [5.74, 6) is -3.70. The highest BCUT2D eigenvalue weighted by Gasteiger charge is 2.57. The second-order valence-corrected chi connectivity index (χ2v) is 8.82. The second-order valence-electron chi connectivity index (χ2n) is 8.82. The van der Waals surface area contributed by atoms with E-state index in [9.17, 15) is 9.59 Å². The molecule has 3 rings (SSSR count). The Morgan fingerprint density at radius 1 is 0.711 bits per heavy atom. The van der Waals surface area contributed by atoms with E-state index >= 15 is 0 Å². The van der Waals surface area contributed by atoms with Gasteiger partial charge in [0.2, 0.25) is 11.6 Å². The Kier molecular flexibility index (Phi) is 10.8. The fourth-order valence-electron chi connectivity index (χ4n) is 3.99. The lowest BCUT2D eigenvalue weighted by Crippen LogP contribution is -2.67. The average Bonchev–Trinajstić information content (AvgIpc) is 2.92. The van der Waals surface area contributed by atoms with Crippen LogP contribution in [-0.4, -0.2) is 62.1 Å². The van der Waals surface area contributed by atoms with Crippen LogP contribution in [-0.2, 0) is 38.0 Å². The monoisotopic (exact) mass is 524 g/mol. The Labute approximate surface area is 224 Å². The Balaban J connectivity index is 1.70. The number of esters is 2.